The number of carbonyl (C=O) groups is 5. The van der Waals surface area contributed by atoms with Crippen molar-refractivity contribution in [2.45, 2.75) is 51.4 Å². The van der Waals surface area contributed by atoms with Crippen LogP contribution in [0.1, 0.15) is 32.8 Å². The third-order valence-corrected chi connectivity index (χ3v) is 4.10. The number of benzene rings is 1. The molecule has 10 nitrogen and oxygen atoms in total. The van der Waals surface area contributed by atoms with Crippen LogP contribution < -0.4 is 10.6 Å². The fourth-order valence-electron chi connectivity index (χ4n) is 2.83. The number of carboxylic acid groups (broad SMARTS) is 1. The molecule has 0 aromatic heterocycles. The summed E-state index contributed by atoms with van der Waals surface area (Å²) in [6.07, 6.45) is -3.11. The van der Waals surface area contributed by atoms with Gasteiger partial charge in [-0.25, -0.2) is 9.59 Å². The van der Waals surface area contributed by atoms with E-state index in [0.717, 1.165) is 5.56 Å². The highest BCUT2D eigenvalue weighted by Crippen LogP contribution is 2.22. The zero-order valence-corrected chi connectivity index (χ0v) is 16.8. The van der Waals surface area contributed by atoms with E-state index >= 15 is 0 Å². The maximum Gasteiger partial charge on any atom is 0.408 e. The van der Waals surface area contributed by atoms with Crippen molar-refractivity contribution in [1.82, 2.24) is 10.6 Å². The molecule has 1 aliphatic heterocycles. The predicted octanol–water partition coefficient (Wildman–Crippen LogP) is 0.782. The van der Waals surface area contributed by atoms with E-state index in [2.05, 4.69) is 10.6 Å². The third-order valence-electron chi connectivity index (χ3n) is 4.10. The van der Waals surface area contributed by atoms with Gasteiger partial charge < -0.3 is 19.9 Å². The van der Waals surface area contributed by atoms with Crippen LogP contribution in [0.15, 0.2) is 30.3 Å². The molecule has 0 spiro atoms. The number of hydrogen-bond acceptors (Lipinski definition) is 7. The summed E-state index contributed by atoms with van der Waals surface area (Å²) >= 11 is 0. The largest absolute Gasteiger partial charge is 0.481 e. The maximum absolute atomic E-state index is 12.5. The standard InChI is InChI=1S/C20H24N2O8/c1-20(2,3)30-19(28)21-13(10-14(23)24)18(27)29-15-12(16(25)22-17(15)26)9-11-7-5-4-6-8-11/h4-8,12-13,15H,9-10H2,1-3H3,(H,21,28)(H,23,24)(H,22,25,26)/t12-,13-,15+/m0/s1. The SMILES string of the molecule is CC(C)(C)OC(=O)N[C@@H](CC(=O)O)C(=O)O[C@H]1C(=O)NC(=O)[C@H]1Cc1ccccc1. The quantitative estimate of drug-likeness (QED) is 0.433. The van der Waals surface area contributed by atoms with Crippen molar-refractivity contribution in [1.29, 1.82) is 0 Å². The molecule has 1 aromatic rings. The number of hydrogen-bond donors (Lipinski definition) is 3. The summed E-state index contributed by atoms with van der Waals surface area (Å²) in [6, 6.07) is 7.23. The Kier molecular flexibility index (Phi) is 7.14. The molecule has 3 N–H and O–H groups in total. The molecule has 2 rings (SSSR count). The molecule has 0 saturated carbocycles. The Labute approximate surface area is 172 Å². The molecule has 1 aliphatic rings. The number of nitrogens with one attached hydrogen (secondary N) is 2. The first-order chi connectivity index (χ1) is 14.0. The second-order valence-electron chi connectivity index (χ2n) is 7.80. The Bertz CT molecular complexity index is 831. The second kappa shape index (κ2) is 9.38. The van der Waals surface area contributed by atoms with Crippen molar-refractivity contribution in [2.24, 2.45) is 5.92 Å². The average Bonchev–Trinajstić information content (AvgIpc) is 2.87. The van der Waals surface area contributed by atoms with Gasteiger partial charge in [0.1, 0.15) is 11.6 Å². The minimum absolute atomic E-state index is 0.138. The molecule has 1 heterocycles. The summed E-state index contributed by atoms with van der Waals surface area (Å²) in [5.41, 5.74) is -0.123. The molecule has 0 radical (unpaired) electrons. The lowest BCUT2D eigenvalue weighted by Crippen LogP contribution is -2.47. The van der Waals surface area contributed by atoms with Gasteiger partial charge in [0.25, 0.3) is 5.91 Å². The van der Waals surface area contributed by atoms with E-state index < -0.39 is 59.9 Å². The number of imide groups is 1. The normalized spacial score (nSPS) is 19.6. The smallest absolute Gasteiger partial charge is 0.408 e. The lowest BCUT2D eigenvalue weighted by Gasteiger charge is -2.23. The van der Waals surface area contributed by atoms with E-state index in [0.29, 0.717) is 0 Å². The van der Waals surface area contributed by atoms with E-state index in [1.165, 1.54) is 0 Å². The summed E-state index contributed by atoms with van der Waals surface area (Å²) in [6.45, 7) is 4.79. The fourth-order valence-corrected chi connectivity index (χ4v) is 2.83. The van der Waals surface area contributed by atoms with Crippen LogP contribution in [0.4, 0.5) is 4.79 Å². The second-order valence-corrected chi connectivity index (χ2v) is 7.80. The molecule has 10 heteroatoms. The van der Waals surface area contributed by atoms with Gasteiger partial charge in [0.2, 0.25) is 5.91 Å². The molecule has 0 bridgehead atoms. The van der Waals surface area contributed by atoms with Gasteiger partial charge in [0, 0.05) is 0 Å². The molecule has 0 aliphatic carbocycles. The van der Waals surface area contributed by atoms with E-state index in [-0.39, 0.29) is 6.42 Å². The van der Waals surface area contributed by atoms with Crippen LogP contribution in [-0.2, 0) is 35.1 Å². The zero-order valence-electron chi connectivity index (χ0n) is 16.8. The maximum atomic E-state index is 12.5. The third kappa shape index (κ3) is 6.57. The van der Waals surface area contributed by atoms with Gasteiger partial charge in [-0.1, -0.05) is 30.3 Å². The number of rotatable bonds is 7. The average molecular weight is 420 g/mol. The Morgan fingerprint density at radius 3 is 2.33 bits per heavy atom. The summed E-state index contributed by atoms with van der Waals surface area (Å²) in [7, 11) is 0. The van der Waals surface area contributed by atoms with E-state index in [1.807, 2.05) is 0 Å². The van der Waals surface area contributed by atoms with Crippen LogP contribution in [-0.4, -0.2) is 52.7 Å². The number of ether oxygens (including phenoxy) is 2. The Balaban J connectivity index is 2.12. The van der Waals surface area contributed by atoms with E-state index in [9.17, 15) is 24.0 Å². The molecule has 0 unspecified atom stereocenters. The van der Waals surface area contributed by atoms with Gasteiger partial charge >= 0.3 is 18.0 Å². The first-order valence-corrected chi connectivity index (χ1v) is 9.26. The highest BCUT2D eigenvalue weighted by atomic mass is 16.6. The van der Waals surface area contributed by atoms with Crippen molar-refractivity contribution < 1.29 is 38.6 Å². The van der Waals surface area contributed by atoms with Crippen molar-refractivity contribution in [3.8, 4) is 0 Å². The summed E-state index contributed by atoms with van der Waals surface area (Å²) in [5, 5.41) is 13.3. The molecule has 162 valence electrons. The first-order valence-electron chi connectivity index (χ1n) is 9.26. The number of aliphatic carboxylic acids is 1. The van der Waals surface area contributed by atoms with Crippen LogP contribution in [0.25, 0.3) is 0 Å². The van der Waals surface area contributed by atoms with Crippen LogP contribution in [0.5, 0.6) is 0 Å². The zero-order chi connectivity index (χ0) is 22.5. The van der Waals surface area contributed by atoms with Crippen molar-refractivity contribution in [3.63, 3.8) is 0 Å². The van der Waals surface area contributed by atoms with Gasteiger partial charge in [-0.05, 0) is 32.8 Å². The number of esters is 1. The summed E-state index contributed by atoms with van der Waals surface area (Å²) < 4.78 is 10.2. The number of carbonyl (C=O) groups excluding carboxylic acids is 4. The van der Waals surface area contributed by atoms with Gasteiger partial charge in [-0.15, -0.1) is 0 Å². The van der Waals surface area contributed by atoms with Crippen LogP contribution in [0, 0.1) is 5.92 Å². The summed E-state index contributed by atoms with van der Waals surface area (Å²) in [4.78, 5) is 59.9. The molecular weight excluding hydrogens is 396 g/mol. The first kappa shape index (κ1) is 22.9. The highest BCUT2D eigenvalue weighted by molar-refractivity contribution is 6.07. The monoisotopic (exact) mass is 420 g/mol. The van der Waals surface area contributed by atoms with Crippen LogP contribution in [0.2, 0.25) is 0 Å². The Morgan fingerprint density at radius 2 is 1.77 bits per heavy atom. The molecule has 1 saturated heterocycles. The topological polar surface area (TPSA) is 148 Å². The fraction of sp³-hybridized carbons (Fsp3) is 0.450. The molecular formula is C20H24N2O8. The highest BCUT2D eigenvalue weighted by Gasteiger charge is 2.45. The van der Waals surface area contributed by atoms with Gasteiger partial charge in [-0.3, -0.25) is 19.7 Å². The Hall–Kier alpha value is -3.43. The minimum Gasteiger partial charge on any atom is -0.481 e. The van der Waals surface area contributed by atoms with E-state index in [4.69, 9.17) is 14.6 Å². The van der Waals surface area contributed by atoms with Crippen molar-refractivity contribution in [2.75, 3.05) is 0 Å². The molecule has 1 fully saturated rings. The molecule has 30 heavy (non-hydrogen) atoms. The lowest BCUT2D eigenvalue weighted by atomic mass is 9.95. The lowest BCUT2D eigenvalue weighted by molar-refractivity contribution is -0.160. The minimum atomic E-state index is -1.60. The van der Waals surface area contributed by atoms with Gasteiger partial charge in [0.15, 0.2) is 6.10 Å². The van der Waals surface area contributed by atoms with Crippen LogP contribution in [0.3, 0.4) is 0 Å². The number of alkyl carbamates (subject to hydrolysis) is 1. The number of carboxylic acids is 1. The van der Waals surface area contributed by atoms with Gasteiger partial charge in [-0.2, -0.15) is 0 Å². The Morgan fingerprint density at radius 1 is 1.13 bits per heavy atom. The van der Waals surface area contributed by atoms with E-state index in [1.54, 1.807) is 51.1 Å². The predicted molar refractivity (Wildman–Crippen MR) is 102 cm³/mol. The van der Waals surface area contributed by atoms with Crippen molar-refractivity contribution in [3.05, 3.63) is 35.9 Å². The molecule has 3 atom stereocenters. The molecule has 1 aromatic carbocycles. The summed E-state index contributed by atoms with van der Waals surface area (Å²) in [5.74, 6) is -4.91. The number of amides is 3. The van der Waals surface area contributed by atoms with Gasteiger partial charge in [0.05, 0.1) is 12.3 Å². The van der Waals surface area contributed by atoms with Crippen LogP contribution >= 0.6 is 0 Å². The van der Waals surface area contributed by atoms with Crippen molar-refractivity contribution >= 4 is 29.8 Å². The molecule has 3 amide bonds.